The number of carbonyl (C=O) groups excluding carboxylic acids is 1. The van der Waals surface area contributed by atoms with Crippen LogP contribution in [-0.4, -0.2) is 32.9 Å². The molecule has 1 saturated heterocycles. The van der Waals surface area contributed by atoms with Crippen molar-refractivity contribution in [2.75, 3.05) is 6.54 Å². The van der Waals surface area contributed by atoms with Crippen LogP contribution in [0.5, 0.6) is 0 Å². The molecule has 4 nitrogen and oxygen atoms in total. The predicted octanol–water partition coefficient (Wildman–Crippen LogP) is 4.52. The van der Waals surface area contributed by atoms with Gasteiger partial charge in [-0.15, -0.1) is 0 Å². The average molecular weight is 366 g/mol. The van der Waals surface area contributed by atoms with Crippen molar-refractivity contribution in [2.45, 2.75) is 76.8 Å². The van der Waals surface area contributed by atoms with Gasteiger partial charge in [-0.3, -0.25) is 4.79 Å². The first-order chi connectivity index (χ1) is 13.3. The zero-order valence-electron chi connectivity index (χ0n) is 16.3. The lowest BCUT2D eigenvalue weighted by atomic mass is 9.68. The van der Waals surface area contributed by atoms with Crippen molar-refractivity contribution in [3.63, 3.8) is 0 Å². The number of allylic oxidation sites excluding steroid dienone is 4. The number of piperidine rings is 1. The predicted molar refractivity (Wildman–Crippen MR) is 107 cm³/mol. The van der Waals surface area contributed by atoms with E-state index in [9.17, 15) is 4.79 Å². The number of hydrogen-bond acceptors (Lipinski definition) is 2. The molecule has 1 aromatic rings. The summed E-state index contributed by atoms with van der Waals surface area (Å²) in [5, 5.41) is 0. The second-order valence-corrected chi connectivity index (χ2v) is 8.78. The van der Waals surface area contributed by atoms with E-state index in [0.29, 0.717) is 23.7 Å². The number of fused-ring (bicyclic) bond motifs is 2. The summed E-state index contributed by atoms with van der Waals surface area (Å²) in [5.74, 6) is 2.15. The number of aromatic nitrogens is 2. The zero-order chi connectivity index (χ0) is 18.2. The van der Waals surface area contributed by atoms with Gasteiger partial charge in [0.05, 0.1) is 0 Å². The summed E-state index contributed by atoms with van der Waals surface area (Å²) in [6, 6.07) is 0.401. The minimum Gasteiger partial charge on any atom is -0.333 e. The van der Waals surface area contributed by atoms with Crippen molar-refractivity contribution in [1.82, 2.24) is 14.5 Å². The summed E-state index contributed by atoms with van der Waals surface area (Å²) in [6.45, 7) is 1.84. The molecular weight excluding hydrogens is 334 g/mol. The third-order valence-corrected chi connectivity index (χ3v) is 7.29. The van der Waals surface area contributed by atoms with Crippen molar-refractivity contribution in [3.05, 3.63) is 41.5 Å². The highest BCUT2D eigenvalue weighted by Crippen LogP contribution is 2.43. The van der Waals surface area contributed by atoms with Crippen LogP contribution in [0, 0.1) is 11.8 Å². The standard InChI is InChI=1S/C23H31N3O/c27-23(22-24-16-18-10-6-7-14-25(18)22)26-15-13-19(17-8-2-1-3-9-17)20-11-4-5-12-21(20)26/h2,8-9,16,19-21H,1,3-7,10-15H2. The van der Waals surface area contributed by atoms with Crippen molar-refractivity contribution >= 4 is 5.91 Å². The molecule has 0 radical (unpaired) electrons. The zero-order valence-corrected chi connectivity index (χ0v) is 16.3. The summed E-state index contributed by atoms with van der Waals surface area (Å²) >= 11 is 0. The molecule has 1 amide bonds. The lowest BCUT2D eigenvalue weighted by Gasteiger charge is -2.48. The molecule has 4 aliphatic rings. The van der Waals surface area contributed by atoms with Gasteiger partial charge in [-0.1, -0.05) is 31.1 Å². The highest BCUT2D eigenvalue weighted by Gasteiger charge is 2.43. The molecule has 3 atom stereocenters. The van der Waals surface area contributed by atoms with E-state index in [1.54, 1.807) is 5.57 Å². The normalized spacial score (nSPS) is 30.4. The van der Waals surface area contributed by atoms with Crippen LogP contribution in [0.2, 0.25) is 0 Å². The first-order valence-corrected chi connectivity index (χ1v) is 11.0. The molecule has 3 unspecified atom stereocenters. The van der Waals surface area contributed by atoms with E-state index in [0.717, 1.165) is 38.8 Å². The summed E-state index contributed by atoms with van der Waals surface area (Å²) in [6.07, 6.45) is 21.0. The maximum atomic E-state index is 13.5. The van der Waals surface area contributed by atoms with Gasteiger partial charge < -0.3 is 9.47 Å². The molecule has 0 bridgehead atoms. The van der Waals surface area contributed by atoms with Crippen LogP contribution in [-0.2, 0) is 13.0 Å². The number of likely N-dealkylation sites (tertiary alicyclic amines) is 1. The van der Waals surface area contributed by atoms with Crippen molar-refractivity contribution in [3.8, 4) is 0 Å². The van der Waals surface area contributed by atoms with Crippen LogP contribution in [0.4, 0.5) is 0 Å². The van der Waals surface area contributed by atoms with Gasteiger partial charge in [0.1, 0.15) is 0 Å². The van der Waals surface area contributed by atoms with Crippen LogP contribution in [0.1, 0.15) is 74.1 Å². The number of hydrogen-bond donors (Lipinski definition) is 0. The molecule has 1 aromatic heterocycles. The quantitative estimate of drug-likeness (QED) is 0.773. The lowest BCUT2D eigenvalue weighted by molar-refractivity contribution is 0.0240. The monoisotopic (exact) mass is 365 g/mol. The molecule has 4 heteroatoms. The number of amides is 1. The number of rotatable bonds is 2. The Balaban J connectivity index is 1.41. The Labute approximate surface area is 162 Å². The number of imidazole rings is 1. The molecule has 5 rings (SSSR count). The molecule has 1 saturated carbocycles. The Morgan fingerprint density at radius 1 is 1.04 bits per heavy atom. The Bertz CT molecular complexity index is 775. The van der Waals surface area contributed by atoms with E-state index in [4.69, 9.17) is 0 Å². The van der Waals surface area contributed by atoms with Crippen LogP contribution in [0.25, 0.3) is 0 Å². The topological polar surface area (TPSA) is 38.1 Å². The van der Waals surface area contributed by atoms with Gasteiger partial charge in [-0.25, -0.2) is 4.98 Å². The smallest absolute Gasteiger partial charge is 0.290 e. The van der Waals surface area contributed by atoms with Crippen molar-refractivity contribution in [1.29, 1.82) is 0 Å². The summed E-state index contributed by atoms with van der Waals surface area (Å²) in [4.78, 5) is 20.3. The fourth-order valence-electron chi connectivity index (χ4n) is 5.96. The molecular formula is C23H31N3O. The van der Waals surface area contributed by atoms with Crippen LogP contribution in [0.15, 0.2) is 30.0 Å². The molecule has 27 heavy (non-hydrogen) atoms. The Hall–Kier alpha value is -1.84. The maximum Gasteiger partial charge on any atom is 0.290 e. The molecule has 2 fully saturated rings. The highest BCUT2D eigenvalue weighted by atomic mass is 16.2. The Morgan fingerprint density at radius 3 is 2.85 bits per heavy atom. The van der Waals surface area contributed by atoms with Crippen LogP contribution in [0.3, 0.4) is 0 Å². The summed E-state index contributed by atoms with van der Waals surface area (Å²) < 4.78 is 2.20. The third-order valence-electron chi connectivity index (χ3n) is 7.29. The van der Waals surface area contributed by atoms with E-state index >= 15 is 0 Å². The van der Waals surface area contributed by atoms with E-state index in [1.165, 1.54) is 44.2 Å². The largest absolute Gasteiger partial charge is 0.333 e. The fourth-order valence-corrected chi connectivity index (χ4v) is 5.96. The molecule has 2 aliphatic carbocycles. The van der Waals surface area contributed by atoms with Gasteiger partial charge in [0.2, 0.25) is 0 Å². The Morgan fingerprint density at radius 2 is 1.96 bits per heavy atom. The van der Waals surface area contributed by atoms with Crippen LogP contribution < -0.4 is 0 Å². The first kappa shape index (κ1) is 17.3. The Kier molecular flexibility index (Phi) is 4.66. The molecule has 2 aliphatic heterocycles. The van der Waals surface area contributed by atoms with Gasteiger partial charge in [0.15, 0.2) is 5.82 Å². The number of aryl methyl sites for hydroxylation is 1. The van der Waals surface area contributed by atoms with Gasteiger partial charge in [-0.05, 0) is 68.8 Å². The molecule has 3 heterocycles. The molecule has 0 N–H and O–H groups in total. The third kappa shape index (κ3) is 3.07. The maximum absolute atomic E-state index is 13.5. The van der Waals surface area contributed by atoms with E-state index in [1.807, 2.05) is 6.20 Å². The van der Waals surface area contributed by atoms with Gasteiger partial charge >= 0.3 is 0 Å². The molecule has 0 spiro atoms. The minimum absolute atomic E-state index is 0.187. The average Bonchev–Trinajstić information content (AvgIpc) is 3.17. The van der Waals surface area contributed by atoms with Gasteiger partial charge in [-0.2, -0.15) is 0 Å². The van der Waals surface area contributed by atoms with E-state index < -0.39 is 0 Å². The fraction of sp³-hybridized carbons (Fsp3) is 0.652. The second kappa shape index (κ2) is 7.29. The SMILES string of the molecule is O=C(c1ncc2n1CCCC2)N1CCC(C2=CCCC=C2)C2CCCCC21. The van der Waals surface area contributed by atoms with E-state index in [-0.39, 0.29) is 5.91 Å². The van der Waals surface area contributed by atoms with Crippen molar-refractivity contribution < 1.29 is 4.79 Å². The van der Waals surface area contributed by atoms with E-state index in [2.05, 4.69) is 32.7 Å². The molecule has 144 valence electrons. The minimum atomic E-state index is 0.187. The second-order valence-electron chi connectivity index (χ2n) is 8.78. The van der Waals surface area contributed by atoms with Crippen LogP contribution >= 0.6 is 0 Å². The number of carbonyl (C=O) groups is 1. The summed E-state index contributed by atoms with van der Waals surface area (Å²) in [7, 11) is 0. The first-order valence-electron chi connectivity index (χ1n) is 11.0. The van der Waals surface area contributed by atoms with Gasteiger partial charge in [0.25, 0.3) is 5.91 Å². The van der Waals surface area contributed by atoms with Gasteiger partial charge in [0, 0.05) is 31.0 Å². The van der Waals surface area contributed by atoms with Crippen molar-refractivity contribution in [2.24, 2.45) is 11.8 Å². The highest BCUT2D eigenvalue weighted by molar-refractivity contribution is 5.91. The number of nitrogens with zero attached hydrogens (tertiary/aromatic N) is 3. The summed E-state index contributed by atoms with van der Waals surface area (Å²) in [5.41, 5.74) is 2.79. The molecule has 0 aromatic carbocycles. The lowest BCUT2D eigenvalue weighted by Crippen LogP contribution is -2.53.